The molecular weight excluding hydrogens is 268 g/mol. The Morgan fingerprint density at radius 3 is 2.90 bits per heavy atom. The maximum Gasteiger partial charge on any atom is 0.350 e. The Balaban J connectivity index is 2.67. The molecule has 112 valence electrons. The van der Waals surface area contributed by atoms with E-state index in [2.05, 4.69) is 12.2 Å². The van der Waals surface area contributed by atoms with E-state index in [4.69, 9.17) is 14.7 Å². The Morgan fingerprint density at radius 2 is 2.24 bits per heavy atom. The van der Waals surface area contributed by atoms with E-state index in [0.717, 1.165) is 24.3 Å². The summed E-state index contributed by atoms with van der Waals surface area (Å²) in [4.78, 5) is 11.5. The van der Waals surface area contributed by atoms with E-state index >= 15 is 0 Å². The predicted octanol–water partition coefficient (Wildman–Crippen LogP) is 3.25. The van der Waals surface area contributed by atoms with Crippen molar-refractivity contribution in [2.45, 2.75) is 26.7 Å². The lowest BCUT2D eigenvalue weighted by Gasteiger charge is -2.07. The van der Waals surface area contributed by atoms with E-state index in [1.165, 1.54) is 6.20 Å². The van der Waals surface area contributed by atoms with Gasteiger partial charge in [0.15, 0.2) is 5.57 Å². The minimum Gasteiger partial charge on any atom is -0.494 e. The minimum atomic E-state index is -0.636. The number of hydrogen-bond acceptors (Lipinski definition) is 5. The first kappa shape index (κ1) is 16.6. The number of carbonyl (C=O) groups excluding carboxylic acids is 1. The number of nitrogens with zero attached hydrogens (tertiary/aromatic N) is 1. The van der Waals surface area contributed by atoms with Gasteiger partial charge in [-0.2, -0.15) is 5.26 Å². The number of rotatable bonds is 8. The van der Waals surface area contributed by atoms with Gasteiger partial charge in [0.05, 0.1) is 13.2 Å². The van der Waals surface area contributed by atoms with Gasteiger partial charge in [-0.3, -0.25) is 0 Å². The summed E-state index contributed by atoms with van der Waals surface area (Å²) in [5.74, 6) is 0.111. The molecule has 0 atom stereocenters. The molecule has 1 aromatic carbocycles. The lowest BCUT2D eigenvalue weighted by atomic mass is 10.3. The first-order valence-electron chi connectivity index (χ1n) is 6.98. The van der Waals surface area contributed by atoms with E-state index < -0.39 is 5.97 Å². The van der Waals surface area contributed by atoms with Crippen molar-refractivity contribution in [1.82, 2.24) is 0 Å². The summed E-state index contributed by atoms with van der Waals surface area (Å²) in [7, 11) is 0. The van der Waals surface area contributed by atoms with Crippen LogP contribution in [0.25, 0.3) is 0 Å². The number of ether oxygens (including phenoxy) is 2. The zero-order chi connectivity index (χ0) is 15.5. The molecule has 1 rings (SSSR count). The van der Waals surface area contributed by atoms with Gasteiger partial charge < -0.3 is 14.8 Å². The monoisotopic (exact) mass is 288 g/mol. The van der Waals surface area contributed by atoms with E-state index in [1.54, 1.807) is 13.0 Å². The van der Waals surface area contributed by atoms with Gasteiger partial charge in [-0.05, 0) is 25.5 Å². The molecule has 0 aliphatic rings. The van der Waals surface area contributed by atoms with Crippen LogP contribution in [0.4, 0.5) is 5.69 Å². The maximum atomic E-state index is 11.5. The molecule has 1 N–H and O–H groups in total. The molecule has 0 aliphatic heterocycles. The molecule has 0 amide bonds. The molecule has 0 fully saturated rings. The smallest absolute Gasteiger partial charge is 0.350 e. The van der Waals surface area contributed by atoms with Crippen molar-refractivity contribution in [2.24, 2.45) is 0 Å². The maximum absolute atomic E-state index is 11.5. The average Bonchev–Trinajstić information content (AvgIpc) is 2.49. The quantitative estimate of drug-likeness (QED) is 0.344. The molecule has 0 radical (unpaired) electrons. The zero-order valence-electron chi connectivity index (χ0n) is 12.4. The van der Waals surface area contributed by atoms with Crippen LogP contribution in [0.3, 0.4) is 0 Å². The fourth-order valence-electron chi connectivity index (χ4n) is 1.51. The molecule has 0 saturated carbocycles. The second-order valence-electron chi connectivity index (χ2n) is 4.26. The SMILES string of the molecule is CCCCOc1cccc(N/C=C(/C#N)C(=O)OCC)c1. The molecule has 0 heterocycles. The third-order valence-electron chi connectivity index (χ3n) is 2.60. The molecule has 0 aromatic heterocycles. The second kappa shape index (κ2) is 9.43. The fourth-order valence-corrected chi connectivity index (χ4v) is 1.51. The van der Waals surface area contributed by atoms with Gasteiger partial charge in [-0.1, -0.05) is 19.4 Å². The fraction of sp³-hybridized carbons (Fsp3) is 0.375. The highest BCUT2D eigenvalue weighted by Gasteiger charge is 2.09. The van der Waals surface area contributed by atoms with Crippen LogP contribution in [0.2, 0.25) is 0 Å². The van der Waals surface area contributed by atoms with Crippen LogP contribution < -0.4 is 10.1 Å². The highest BCUT2D eigenvalue weighted by atomic mass is 16.5. The van der Waals surface area contributed by atoms with Crippen LogP contribution in [0, 0.1) is 11.3 Å². The van der Waals surface area contributed by atoms with Gasteiger partial charge in [0.1, 0.15) is 11.8 Å². The number of nitriles is 1. The van der Waals surface area contributed by atoms with E-state index in [0.29, 0.717) is 6.61 Å². The number of hydrogen-bond donors (Lipinski definition) is 1. The zero-order valence-corrected chi connectivity index (χ0v) is 12.4. The van der Waals surface area contributed by atoms with Gasteiger partial charge in [0.2, 0.25) is 0 Å². The number of unbranched alkanes of at least 4 members (excludes halogenated alkanes) is 1. The number of benzene rings is 1. The number of esters is 1. The number of anilines is 1. The Kier molecular flexibility index (Phi) is 7.44. The summed E-state index contributed by atoms with van der Waals surface area (Å²) in [5.41, 5.74) is 0.662. The lowest BCUT2D eigenvalue weighted by molar-refractivity contribution is -0.138. The predicted molar refractivity (Wildman–Crippen MR) is 80.8 cm³/mol. The molecular formula is C16H20N2O3. The minimum absolute atomic E-state index is 0.0749. The Labute approximate surface area is 125 Å². The molecule has 0 saturated heterocycles. The number of nitrogens with one attached hydrogen (secondary N) is 1. The first-order chi connectivity index (χ1) is 10.2. The highest BCUT2D eigenvalue weighted by Crippen LogP contribution is 2.18. The molecule has 0 spiro atoms. The van der Waals surface area contributed by atoms with Crippen molar-refractivity contribution < 1.29 is 14.3 Å². The molecule has 5 heteroatoms. The van der Waals surface area contributed by atoms with Crippen molar-refractivity contribution >= 4 is 11.7 Å². The first-order valence-corrected chi connectivity index (χ1v) is 6.98. The topological polar surface area (TPSA) is 71.3 Å². The Bertz CT molecular complexity index is 533. The van der Waals surface area contributed by atoms with Crippen molar-refractivity contribution in [3.63, 3.8) is 0 Å². The van der Waals surface area contributed by atoms with Gasteiger partial charge in [0.25, 0.3) is 0 Å². The molecule has 21 heavy (non-hydrogen) atoms. The summed E-state index contributed by atoms with van der Waals surface area (Å²) in [6.07, 6.45) is 3.41. The molecule has 5 nitrogen and oxygen atoms in total. The van der Waals surface area contributed by atoms with Gasteiger partial charge in [0, 0.05) is 18.0 Å². The van der Waals surface area contributed by atoms with Gasteiger partial charge in [-0.25, -0.2) is 4.79 Å². The number of carbonyl (C=O) groups is 1. The second-order valence-corrected chi connectivity index (χ2v) is 4.26. The summed E-state index contributed by atoms with van der Waals surface area (Å²) in [5, 5.41) is 11.8. The summed E-state index contributed by atoms with van der Waals surface area (Å²) < 4.78 is 10.4. The Morgan fingerprint density at radius 1 is 1.43 bits per heavy atom. The van der Waals surface area contributed by atoms with E-state index in [-0.39, 0.29) is 12.2 Å². The van der Waals surface area contributed by atoms with Crippen LogP contribution in [0.15, 0.2) is 36.0 Å². The van der Waals surface area contributed by atoms with Crippen LogP contribution in [-0.2, 0) is 9.53 Å². The lowest BCUT2D eigenvalue weighted by Crippen LogP contribution is -2.07. The Hall–Kier alpha value is -2.48. The van der Waals surface area contributed by atoms with Crippen molar-refractivity contribution in [3.8, 4) is 11.8 Å². The van der Waals surface area contributed by atoms with E-state index in [9.17, 15) is 4.79 Å². The summed E-state index contributed by atoms with van der Waals surface area (Å²) in [6.45, 7) is 4.70. The third-order valence-corrected chi connectivity index (χ3v) is 2.60. The summed E-state index contributed by atoms with van der Waals surface area (Å²) in [6, 6.07) is 9.14. The molecule has 0 unspecified atom stereocenters. The standard InChI is InChI=1S/C16H20N2O3/c1-3-5-9-21-15-8-6-7-14(10-15)18-12-13(11-17)16(19)20-4-2/h6-8,10,12,18H,3-5,9H2,1-2H3/b13-12-. The molecule has 0 aliphatic carbocycles. The van der Waals surface area contributed by atoms with Gasteiger partial charge in [-0.15, -0.1) is 0 Å². The molecule has 0 bridgehead atoms. The average molecular weight is 288 g/mol. The van der Waals surface area contributed by atoms with Crippen molar-refractivity contribution in [3.05, 3.63) is 36.0 Å². The van der Waals surface area contributed by atoms with Crippen LogP contribution in [0.5, 0.6) is 5.75 Å². The van der Waals surface area contributed by atoms with Crippen molar-refractivity contribution in [1.29, 1.82) is 5.26 Å². The van der Waals surface area contributed by atoms with Crippen LogP contribution >= 0.6 is 0 Å². The largest absolute Gasteiger partial charge is 0.494 e. The van der Waals surface area contributed by atoms with E-state index in [1.807, 2.05) is 24.3 Å². The van der Waals surface area contributed by atoms with Gasteiger partial charge >= 0.3 is 5.97 Å². The third kappa shape index (κ3) is 6.00. The summed E-state index contributed by atoms with van der Waals surface area (Å²) >= 11 is 0. The van der Waals surface area contributed by atoms with Crippen molar-refractivity contribution in [2.75, 3.05) is 18.5 Å². The normalized spacial score (nSPS) is 10.6. The molecule has 1 aromatic rings. The van der Waals surface area contributed by atoms with Crippen LogP contribution in [0.1, 0.15) is 26.7 Å². The highest BCUT2D eigenvalue weighted by molar-refractivity contribution is 5.93. The van der Waals surface area contributed by atoms with Crippen LogP contribution in [-0.4, -0.2) is 19.2 Å².